The van der Waals surface area contributed by atoms with Gasteiger partial charge in [-0.25, -0.2) is 0 Å². The highest BCUT2D eigenvalue weighted by molar-refractivity contribution is 6.30. The molecule has 3 N–H and O–H groups in total. The number of benzene rings is 1. The molecular formula is C15H23ClN3O2+. The average Bonchev–Trinajstić information content (AvgIpc) is 2.31. The number of hydrogen-bond acceptors (Lipinski definition) is 2. The van der Waals surface area contributed by atoms with Crippen LogP contribution in [0.5, 0.6) is 0 Å². The highest BCUT2D eigenvalue weighted by atomic mass is 35.5. The Morgan fingerprint density at radius 2 is 1.86 bits per heavy atom. The molecule has 1 rings (SSSR count). The van der Waals surface area contributed by atoms with E-state index in [1.54, 1.807) is 18.2 Å². The van der Waals surface area contributed by atoms with Gasteiger partial charge in [-0.1, -0.05) is 11.6 Å². The quantitative estimate of drug-likeness (QED) is 0.721. The van der Waals surface area contributed by atoms with Crippen LogP contribution in [-0.2, 0) is 9.59 Å². The van der Waals surface area contributed by atoms with Crippen LogP contribution in [0.15, 0.2) is 18.2 Å². The van der Waals surface area contributed by atoms with E-state index in [0.29, 0.717) is 5.02 Å². The lowest BCUT2D eigenvalue weighted by Crippen LogP contribution is -3.11. The van der Waals surface area contributed by atoms with E-state index in [9.17, 15) is 9.59 Å². The Labute approximate surface area is 130 Å². The summed E-state index contributed by atoms with van der Waals surface area (Å²) in [4.78, 5) is 24.4. The van der Waals surface area contributed by atoms with Crippen molar-refractivity contribution in [1.82, 2.24) is 5.32 Å². The molecule has 0 aliphatic heterocycles. The number of rotatable bonds is 6. The summed E-state index contributed by atoms with van der Waals surface area (Å²) >= 11 is 5.88. The van der Waals surface area contributed by atoms with Gasteiger partial charge in [0.25, 0.3) is 11.8 Å². The van der Waals surface area contributed by atoms with Crippen molar-refractivity contribution >= 4 is 29.1 Å². The predicted molar refractivity (Wildman–Crippen MR) is 84.7 cm³/mol. The van der Waals surface area contributed by atoms with E-state index in [4.69, 9.17) is 11.6 Å². The van der Waals surface area contributed by atoms with Gasteiger partial charge < -0.3 is 15.5 Å². The maximum Gasteiger partial charge on any atom is 0.279 e. The number of quaternary nitrogens is 1. The van der Waals surface area contributed by atoms with E-state index in [1.807, 2.05) is 27.8 Å². The smallest absolute Gasteiger partial charge is 0.279 e. The molecule has 0 saturated heterocycles. The molecule has 6 heteroatoms. The van der Waals surface area contributed by atoms with E-state index >= 15 is 0 Å². The standard InChI is InChI=1S/C15H22ClN3O2/c1-10(2)17-14(20)8-19(4)9-15(21)18-13-6-5-12(16)7-11(13)3/h5-7,10H,8-9H2,1-4H3,(H,17,20)(H,18,21)/p+1. The molecule has 2 amide bonds. The SMILES string of the molecule is Cc1cc(Cl)ccc1NC(=O)C[NH+](C)CC(=O)NC(C)C. The first-order chi connectivity index (χ1) is 9.77. The lowest BCUT2D eigenvalue weighted by molar-refractivity contribution is -0.862. The van der Waals surface area contributed by atoms with Crippen LogP contribution in [0.4, 0.5) is 5.69 Å². The second-order valence-corrected chi connectivity index (χ2v) is 5.98. The van der Waals surface area contributed by atoms with Crippen LogP contribution in [0.2, 0.25) is 5.02 Å². The molecule has 5 nitrogen and oxygen atoms in total. The predicted octanol–water partition coefficient (Wildman–Crippen LogP) is 0.626. The molecule has 0 bridgehead atoms. The van der Waals surface area contributed by atoms with E-state index in [0.717, 1.165) is 16.2 Å². The number of likely N-dealkylation sites (N-methyl/N-ethyl adjacent to an activating group) is 1. The summed E-state index contributed by atoms with van der Waals surface area (Å²) in [6, 6.07) is 5.41. The Kier molecular flexibility index (Phi) is 6.65. The van der Waals surface area contributed by atoms with Crippen LogP contribution < -0.4 is 15.5 Å². The third-order valence-electron chi connectivity index (χ3n) is 2.84. The molecule has 0 aromatic heterocycles. The number of hydrogen-bond donors (Lipinski definition) is 3. The summed E-state index contributed by atoms with van der Waals surface area (Å²) in [5.74, 6) is -0.187. The van der Waals surface area contributed by atoms with Crippen molar-refractivity contribution in [3.05, 3.63) is 28.8 Å². The number of anilines is 1. The molecule has 0 fully saturated rings. The van der Waals surface area contributed by atoms with Gasteiger partial charge in [-0.2, -0.15) is 0 Å². The maximum absolute atomic E-state index is 12.0. The van der Waals surface area contributed by atoms with E-state index in [1.165, 1.54) is 0 Å². The van der Waals surface area contributed by atoms with Crippen LogP contribution in [-0.4, -0.2) is 38.0 Å². The van der Waals surface area contributed by atoms with Gasteiger partial charge in [-0.3, -0.25) is 9.59 Å². The van der Waals surface area contributed by atoms with E-state index < -0.39 is 0 Å². The van der Waals surface area contributed by atoms with Gasteiger partial charge in [0, 0.05) is 16.8 Å². The Morgan fingerprint density at radius 3 is 2.43 bits per heavy atom. The molecule has 116 valence electrons. The Balaban J connectivity index is 2.47. The van der Waals surface area contributed by atoms with Crippen LogP contribution in [0.1, 0.15) is 19.4 Å². The third kappa shape index (κ3) is 6.60. The van der Waals surface area contributed by atoms with Crippen molar-refractivity contribution in [3.8, 4) is 0 Å². The van der Waals surface area contributed by atoms with Crippen molar-refractivity contribution < 1.29 is 14.5 Å². The van der Waals surface area contributed by atoms with Crippen molar-refractivity contribution in [1.29, 1.82) is 0 Å². The molecule has 0 spiro atoms. The van der Waals surface area contributed by atoms with Gasteiger partial charge >= 0.3 is 0 Å². The molecule has 0 heterocycles. The topological polar surface area (TPSA) is 62.6 Å². The fraction of sp³-hybridized carbons (Fsp3) is 0.467. The van der Waals surface area contributed by atoms with Crippen molar-refractivity contribution in [2.75, 3.05) is 25.5 Å². The summed E-state index contributed by atoms with van der Waals surface area (Å²) in [7, 11) is 1.81. The summed E-state index contributed by atoms with van der Waals surface area (Å²) < 4.78 is 0. The first-order valence-corrected chi connectivity index (χ1v) is 7.32. The highest BCUT2D eigenvalue weighted by Crippen LogP contribution is 2.19. The number of halogens is 1. The highest BCUT2D eigenvalue weighted by Gasteiger charge is 2.15. The molecule has 1 aromatic rings. The molecule has 1 atom stereocenters. The molecular weight excluding hydrogens is 290 g/mol. The molecule has 21 heavy (non-hydrogen) atoms. The second-order valence-electron chi connectivity index (χ2n) is 5.54. The summed E-state index contributed by atoms with van der Waals surface area (Å²) in [6.45, 7) is 6.19. The molecule has 1 aromatic carbocycles. The lowest BCUT2D eigenvalue weighted by Gasteiger charge is -2.15. The fourth-order valence-electron chi connectivity index (χ4n) is 1.95. The summed E-state index contributed by atoms with van der Waals surface area (Å²) in [6.07, 6.45) is 0. The number of amides is 2. The monoisotopic (exact) mass is 312 g/mol. The largest absolute Gasteiger partial charge is 0.349 e. The Hall–Kier alpha value is -1.59. The Morgan fingerprint density at radius 1 is 1.24 bits per heavy atom. The van der Waals surface area contributed by atoms with E-state index in [2.05, 4.69) is 10.6 Å². The van der Waals surface area contributed by atoms with Gasteiger partial charge in [0.1, 0.15) is 0 Å². The van der Waals surface area contributed by atoms with Gasteiger partial charge in [-0.15, -0.1) is 0 Å². The minimum atomic E-state index is -0.129. The van der Waals surface area contributed by atoms with Crippen LogP contribution in [0, 0.1) is 6.92 Å². The van der Waals surface area contributed by atoms with E-state index in [-0.39, 0.29) is 30.9 Å². The number of carbonyl (C=O) groups is 2. The lowest BCUT2D eigenvalue weighted by atomic mass is 10.2. The van der Waals surface area contributed by atoms with Gasteiger partial charge in [0.2, 0.25) is 0 Å². The van der Waals surface area contributed by atoms with Crippen LogP contribution in [0.3, 0.4) is 0 Å². The maximum atomic E-state index is 12.0. The number of nitrogens with one attached hydrogen (secondary N) is 3. The second kappa shape index (κ2) is 8.00. The minimum absolute atomic E-state index is 0.0574. The van der Waals surface area contributed by atoms with Gasteiger partial charge in [0.05, 0.1) is 7.05 Å². The number of aryl methyl sites for hydroxylation is 1. The van der Waals surface area contributed by atoms with Crippen molar-refractivity contribution in [2.45, 2.75) is 26.8 Å². The Bertz CT molecular complexity index is 518. The zero-order chi connectivity index (χ0) is 16.0. The third-order valence-corrected chi connectivity index (χ3v) is 3.07. The molecule has 1 unspecified atom stereocenters. The molecule has 0 aliphatic carbocycles. The van der Waals surface area contributed by atoms with Crippen molar-refractivity contribution in [2.24, 2.45) is 0 Å². The normalized spacial score (nSPS) is 12.1. The van der Waals surface area contributed by atoms with Gasteiger partial charge in [-0.05, 0) is 44.5 Å². The zero-order valence-electron chi connectivity index (χ0n) is 12.9. The van der Waals surface area contributed by atoms with Gasteiger partial charge in [0.15, 0.2) is 13.1 Å². The zero-order valence-corrected chi connectivity index (χ0v) is 13.7. The van der Waals surface area contributed by atoms with Crippen molar-refractivity contribution in [3.63, 3.8) is 0 Å². The molecule has 0 aliphatic rings. The summed E-state index contributed by atoms with van der Waals surface area (Å²) in [5.41, 5.74) is 1.65. The first-order valence-electron chi connectivity index (χ1n) is 6.94. The summed E-state index contributed by atoms with van der Waals surface area (Å²) in [5, 5.41) is 6.28. The molecule has 0 radical (unpaired) electrons. The fourth-order valence-corrected chi connectivity index (χ4v) is 2.17. The average molecular weight is 313 g/mol. The number of carbonyl (C=O) groups excluding carboxylic acids is 2. The van der Waals surface area contributed by atoms with Crippen LogP contribution in [0.25, 0.3) is 0 Å². The minimum Gasteiger partial charge on any atom is -0.349 e. The molecule has 0 saturated carbocycles. The van der Waals surface area contributed by atoms with Crippen LogP contribution >= 0.6 is 11.6 Å². The first kappa shape index (κ1) is 17.5.